The lowest BCUT2D eigenvalue weighted by atomic mass is 10.2. The number of benzene rings is 1. The quantitative estimate of drug-likeness (QED) is 0.324. The first-order valence-electron chi connectivity index (χ1n) is 7.80. The van der Waals surface area contributed by atoms with Crippen LogP contribution < -0.4 is 10.6 Å². The Bertz CT molecular complexity index is 618. The monoisotopic (exact) mass is 349 g/mol. The van der Waals surface area contributed by atoms with E-state index in [0.29, 0.717) is 37.6 Å². The number of hydrogen-bond acceptors (Lipinski definition) is 5. The summed E-state index contributed by atoms with van der Waals surface area (Å²) in [6.07, 6.45) is -0.492. The molecule has 0 atom stereocenters. The van der Waals surface area contributed by atoms with Gasteiger partial charge in [-0.15, -0.1) is 0 Å². The third-order valence-electron chi connectivity index (χ3n) is 2.74. The van der Waals surface area contributed by atoms with Gasteiger partial charge in [-0.05, 0) is 38.4 Å². The fourth-order valence-electron chi connectivity index (χ4n) is 1.71. The minimum Gasteiger partial charge on any atom is -0.444 e. The van der Waals surface area contributed by atoms with Crippen LogP contribution in [0.5, 0.6) is 0 Å². The van der Waals surface area contributed by atoms with E-state index < -0.39 is 11.7 Å². The van der Waals surface area contributed by atoms with Gasteiger partial charge in [0.05, 0.1) is 13.2 Å². The second kappa shape index (κ2) is 10.2. The van der Waals surface area contributed by atoms with Crippen molar-refractivity contribution in [3.63, 3.8) is 0 Å². The summed E-state index contributed by atoms with van der Waals surface area (Å²) >= 11 is 0. The van der Waals surface area contributed by atoms with Gasteiger partial charge in [-0.3, -0.25) is 4.79 Å². The van der Waals surface area contributed by atoms with Gasteiger partial charge in [-0.25, -0.2) is 4.79 Å². The van der Waals surface area contributed by atoms with E-state index in [2.05, 4.69) is 20.7 Å². The summed E-state index contributed by atoms with van der Waals surface area (Å²) in [5.74, 6) is -0.247. The summed E-state index contributed by atoms with van der Waals surface area (Å²) in [5, 5.41) is 8.71. The normalized spacial score (nSPS) is 10.5. The Labute approximate surface area is 146 Å². The highest BCUT2D eigenvalue weighted by Gasteiger charge is 2.15. The second-order valence-corrected chi connectivity index (χ2v) is 6.03. The minimum absolute atomic E-state index is 0.247. The average molecular weight is 349 g/mol. The van der Waals surface area contributed by atoms with Crippen LogP contribution in [0.15, 0.2) is 29.4 Å². The van der Waals surface area contributed by atoms with Crippen molar-refractivity contribution in [3.05, 3.63) is 40.3 Å². The van der Waals surface area contributed by atoms with Crippen molar-refractivity contribution in [3.8, 4) is 0 Å². The van der Waals surface area contributed by atoms with Crippen LogP contribution >= 0.6 is 0 Å². The third kappa shape index (κ3) is 9.19. The molecule has 0 saturated carbocycles. The molecule has 0 aliphatic rings. The van der Waals surface area contributed by atoms with Crippen LogP contribution in [-0.2, 0) is 9.47 Å². The van der Waals surface area contributed by atoms with Crippen LogP contribution in [0.25, 0.3) is 10.4 Å². The molecular weight excluding hydrogens is 326 g/mol. The Morgan fingerprint density at radius 1 is 1.12 bits per heavy atom. The summed E-state index contributed by atoms with van der Waals surface area (Å²) in [4.78, 5) is 25.9. The number of nitrogens with zero attached hydrogens (tertiary/aromatic N) is 3. The van der Waals surface area contributed by atoms with Crippen LogP contribution in [0.1, 0.15) is 31.1 Å². The zero-order valence-electron chi connectivity index (χ0n) is 14.6. The summed E-state index contributed by atoms with van der Waals surface area (Å²) in [6, 6.07) is 6.27. The molecule has 25 heavy (non-hydrogen) atoms. The van der Waals surface area contributed by atoms with E-state index in [1.165, 1.54) is 0 Å². The van der Waals surface area contributed by atoms with E-state index in [4.69, 9.17) is 15.0 Å². The van der Waals surface area contributed by atoms with E-state index in [-0.39, 0.29) is 5.91 Å². The first-order valence-corrected chi connectivity index (χ1v) is 7.80. The smallest absolute Gasteiger partial charge is 0.407 e. The molecule has 1 aromatic carbocycles. The molecule has 1 aromatic rings. The molecule has 1 rings (SSSR count). The van der Waals surface area contributed by atoms with Gasteiger partial charge in [0.1, 0.15) is 5.60 Å². The largest absolute Gasteiger partial charge is 0.444 e. The van der Waals surface area contributed by atoms with Gasteiger partial charge in [0.2, 0.25) is 0 Å². The van der Waals surface area contributed by atoms with Crippen molar-refractivity contribution in [1.29, 1.82) is 0 Å². The van der Waals surface area contributed by atoms with Gasteiger partial charge in [0.15, 0.2) is 0 Å². The van der Waals surface area contributed by atoms with Crippen LogP contribution in [0.3, 0.4) is 0 Å². The zero-order chi connectivity index (χ0) is 18.7. The molecule has 0 spiro atoms. The standard InChI is InChI=1S/C16H23N5O4/c1-16(2,3)25-15(23)19-9-11-24-10-8-18-14(22)12-4-6-13(7-5-12)20-21-17/h4-7H,8-11H2,1-3H3,(H,18,22)(H,19,23). The highest BCUT2D eigenvalue weighted by Crippen LogP contribution is 2.12. The topological polar surface area (TPSA) is 125 Å². The first-order chi connectivity index (χ1) is 11.8. The van der Waals surface area contributed by atoms with E-state index in [9.17, 15) is 9.59 Å². The predicted molar refractivity (Wildman–Crippen MR) is 92.6 cm³/mol. The fraction of sp³-hybridized carbons (Fsp3) is 0.500. The molecule has 136 valence electrons. The molecule has 0 aromatic heterocycles. The third-order valence-corrected chi connectivity index (χ3v) is 2.74. The Morgan fingerprint density at radius 3 is 2.28 bits per heavy atom. The number of ether oxygens (including phenoxy) is 2. The molecule has 0 aliphatic carbocycles. The molecule has 2 amide bonds. The van der Waals surface area contributed by atoms with Crippen molar-refractivity contribution in [2.45, 2.75) is 26.4 Å². The van der Waals surface area contributed by atoms with Gasteiger partial charge >= 0.3 is 6.09 Å². The van der Waals surface area contributed by atoms with Gasteiger partial charge in [-0.2, -0.15) is 0 Å². The number of carbonyl (C=O) groups excluding carboxylic acids is 2. The Kier molecular flexibility index (Phi) is 8.25. The average Bonchev–Trinajstić information content (AvgIpc) is 2.53. The minimum atomic E-state index is -0.533. The molecule has 0 heterocycles. The molecule has 2 N–H and O–H groups in total. The number of amides is 2. The Hall–Kier alpha value is -2.77. The maximum atomic E-state index is 11.9. The number of carbonyl (C=O) groups is 2. The number of azide groups is 1. The summed E-state index contributed by atoms with van der Waals surface area (Å²) < 4.78 is 10.4. The van der Waals surface area contributed by atoms with Crippen LogP contribution in [-0.4, -0.2) is 43.9 Å². The molecule has 0 unspecified atom stereocenters. The SMILES string of the molecule is CC(C)(C)OC(=O)NCCOCCNC(=O)c1ccc(N=[N+]=[N-])cc1. The van der Waals surface area contributed by atoms with Crippen LogP contribution in [0.4, 0.5) is 10.5 Å². The number of rotatable bonds is 8. The maximum absolute atomic E-state index is 11.9. The number of hydrogen-bond donors (Lipinski definition) is 2. The van der Waals surface area contributed by atoms with E-state index in [0.717, 1.165) is 0 Å². The van der Waals surface area contributed by atoms with Gasteiger partial charge in [0, 0.05) is 29.3 Å². The van der Waals surface area contributed by atoms with Gasteiger partial charge in [0.25, 0.3) is 5.91 Å². The fourth-order valence-corrected chi connectivity index (χ4v) is 1.71. The maximum Gasteiger partial charge on any atom is 0.407 e. The van der Waals surface area contributed by atoms with Crippen LogP contribution in [0, 0.1) is 0 Å². The lowest BCUT2D eigenvalue weighted by molar-refractivity contribution is 0.0500. The van der Waals surface area contributed by atoms with Crippen molar-refractivity contribution in [2.75, 3.05) is 26.3 Å². The van der Waals surface area contributed by atoms with Crippen LogP contribution in [0.2, 0.25) is 0 Å². The lowest BCUT2D eigenvalue weighted by Gasteiger charge is -2.19. The van der Waals surface area contributed by atoms with E-state index in [1.54, 1.807) is 45.0 Å². The number of nitrogens with one attached hydrogen (secondary N) is 2. The molecule has 0 aliphatic heterocycles. The summed E-state index contributed by atoms with van der Waals surface area (Å²) in [7, 11) is 0. The first kappa shape index (κ1) is 20.3. The summed E-state index contributed by atoms with van der Waals surface area (Å²) in [5.41, 5.74) is 8.69. The molecule has 0 saturated heterocycles. The molecular formula is C16H23N5O4. The molecule has 0 fully saturated rings. The highest BCUT2D eigenvalue weighted by molar-refractivity contribution is 5.94. The van der Waals surface area contributed by atoms with Gasteiger partial charge in [-0.1, -0.05) is 17.2 Å². The molecule has 0 bridgehead atoms. The van der Waals surface area contributed by atoms with E-state index >= 15 is 0 Å². The molecule has 9 nitrogen and oxygen atoms in total. The van der Waals surface area contributed by atoms with Crippen molar-refractivity contribution < 1.29 is 19.1 Å². The Morgan fingerprint density at radius 2 is 1.72 bits per heavy atom. The van der Waals surface area contributed by atoms with Crippen molar-refractivity contribution in [1.82, 2.24) is 10.6 Å². The summed E-state index contributed by atoms with van der Waals surface area (Å²) in [6.45, 7) is 6.66. The second-order valence-electron chi connectivity index (χ2n) is 6.03. The van der Waals surface area contributed by atoms with Gasteiger partial charge < -0.3 is 20.1 Å². The Balaban J connectivity index is 2.14. The predicted octanol–water partition coefficient (Wildman–Crippen LogP) is 2.90. The number of alkyl carbamates (subject to hydrolysis) is 1. The van der Waals surface area contributed by atoms with Crippen molar-refractivity contribution >= 4 is 17.7 Å². The molecule has 0 radical (unpaired) electrons. The zero-order valence-corrected chi connectivity index (χ0v) is 14.6. The highest BCUT2D eigenvalue weighted by atomic mass is 16.6. The lowest BCUT2D eigenvalue weighted by Crippen LogP contribution is -2.34. The molecule has 9 heteroatoms. The van der Waals surface area contributed by atoms with E-state index in [1.807, 2.05) is 0 Å². The van der Waals surface area contributed by atoms with Crippen molar-refractivity contribution in [2.24, 2.45) is 5.11 Å².